The molecular weight excluding hydrogens is 500 g/mol. The van der Waals surface area contributed by atoms with Crippen LogP contribution in [0.3, 0.4) is 0 Å². The van der Waals surface area contributed by atoms with Gasteiger partial charge in [0.25, 0.3) is 23.5 Å². The number of amides is 2. The number of nitriles is 2. The summed E-state index contributed by atoms with van der Waals surface area (Å²) in [6, 6.07) is 6.08. The Morgan fingerprint density at radius 2 is 1.86 bits per heavy atom. The molecule has 3 N–H and O–H groups in total. The molecule has 11 nitrogen and oxygen atoms in total. The summed E-state index contributed by atoms with van der Waals surface area (Å²) in [5.74, 6) is -9.82. The Labute approximate surface area is 204 Å². The fraction of sp³-hybridized carbons (Fsp3) is 0.227. The number of benzene rings is 1. The maximum Gasteiger partial charge on any atom is 0.293 e. The van der Waals surface area contributed by atoms with Crippen LogP contribution in [0.2, 0.25) is 0 Å². The minimum absolute atomic E-state index is 0.0790. The van der Waals surface area contributed by atoms with Gasteiger partial charge >= 0.3 is 0 Å². The minimum atomic E-state index is -3.16. The van der Waals surface area contributed by atoms with Crippen molar-refractivity contribution in [2.24, 2.45) is 7.05 Å². The second kappa shape index (κ2) is 8.87. The van der Waals surface area contributed by atoms with Crippen molar-refractivity contribution in [3.63, 3.8) is 0 Å². The van der Waals surface area contributed by atoms with E-state index in [-0.39, 0.29) is 11.4 Å². The van der Waals surface area contributed by atoms with Gasteiger partial charge in [0, 0.05) is 25.6 Å². The second-order valence-corrected chi connectivity index (χ2v) is 8.25. The van der Waals surface area contributed by atoms with Crippen molar-refractivity contribution >= 4 is 23.3 Å². The summed E-state index contributed by atoms with van der Waals surface area (Å²) < 4.78 is 57.0. The average Bonchev–Trinajstić information content (AvgIpc) is 3.45. The molecule has 0 bridgehead atoms. The van der Waals surface area contributed by atoms with Gasteiger partial charge in [-0.05, 0) is 18.2 Å². The predicted octanol–water partition coefficient (Wildman–Crippen LogP) is 2.04. The molecular formula is C22H14F4N8O3. The lowest BCUT2D eigenvalue weighted by Gasteiger charge is -2.46. The molecule has 0 radical (unpaired) electrons. The first kappa shape index (κ1) is 25.1. The van der Waals surface area contributed by atoms with Crippen LogP contribution in [0.5, 0.6) is 0 Å². The summed E-state index contributed by atoms with van der Waals surface area (Å²) in [7, 11) is 1.08. The number of Topliss-reactive ketones (excluding diaryl/α,β-unsaturated/α-hetero) is 1. The number of rotatable bonds is 6. The fourth-order valence-electron chi connectivity index (χ4n) is 4.10. The molecule has 1 fully saturated rings. The monoisotopic (exact) mass is 514 g/mol. The van der Waals surface area contributed by atoms with Crippen molar-refractivity contribution in [3.05, 3.63) is 64.2 Å². The van der Waals surface area contributed by atoms with E-state index in [1.54, 1.807) is 6.07 Å². The van der Waals surface area contributed by atoms with Gasteiger partial charge in [-0.3, -0.25) is 14.4 Å². The number of halogens is 4. The Balaban J connectivity index is 1.64. The number of carbonyl (C=O) groups excluding carboxylic acids is 3. The van der Waals surface area contributed by atoms with Crippen LogP contribution in [0, 0.1) is 34.3 Å². The highest BCUT2D eigenvalue weighted by Crippen LogP contribution is 2.51. The van der Waals surface area contributed by atoms with E-state index in [2.05, 4.69) is 26.0 Å². The molecule has 2 amide bonds. The molecule has 37 heavy (non-hydrogen) atoms. The highest BCUT2D eigenvalue weighted by molar-refractivity contribution is 6.43. The maximum atomic E-state index is 15.3. The lowest BCUT2D eigenvalue weighted by molar-refractivity contribution is -0.148. The Bertz CT molecular complexity index is 1520. The highest BCUT2D eigenvalue weighted by atomic mass is 19.3. The summed E-state index contributed by atoms with van der Waals surface area (Å²) >= 11 is 0. The number of anilines is 1. The molecule has 2 heterocycles. The summed E-state index contributed by atoms with van der Waals surface area (Å²) in [5.41, 5.74) is -4.89. The molecule has 0 atom stereocenters. The number of nitrogens with zero attached hydrogens (tertiary/aromatic N) is 5. The van der Waals surface area contributed by atoms with Crippen molar-refractivity contribution in [2.45, 2.75) is 24.3 Å². The number of H-pyrrole nitrogens is 1. The number of hydrogen-bond acceptors (Lipinski definition) is 7. The largest absolute Gasteiger partial charge is 0.337 e. The number of aromatic nitrogens is 4. The maximum absolute atomic E-state index is 15.3. The van der Waals surface area contributed by atoms with Gasteiger partial charge in [0.15, 0.2) is 5.82 Å². The van der Waals surface area contributed by atoms with Gasteiger partial charge in [-0.15, -0.1) is 0 Å². The van der Waals surface area contributed by atoms with Gasteiger partial charge in [-0.25, -0.2) is 17.6 Å². The first-order valence-electron chi connectivity index (χ1n) is 10.3. The Morgan fingerprint density at radius 3 is 2.43 bits per heavy atom. The van der Waals surface area contributed by atoms with Crippen LogP contribution in [0.25, 0.3) is 0 Å². The molecule has 1 aliphatic rings. The van der Waals surface area contributed by atoms with Crippen LogP contribution >= 0.6 is 0 Å². The first-order valence-corrected chi connectivity index (χ1v) is 10.3. The topological polar surface area (TPSA) is 169 Å². The molecule has 0 aliphatic heterocycles. The number of hydrogen-bond donors (Lipinski definition) is 3. The summed E-state index contributed by atoms with van der Waals surface area (Å²) in [4.78, 5) is 38.4. The molecule has 1 saturated carbocycles. The van der Waals surface area contributed by atoms with Gasteiger partial charge < -0.3 is 15.2 Å². The Morgan fingerprint density at radius 1 is 1.16 bits per heavy atom. The van der Waals surface area contributed by atoms with Crippen molar-refractivity contribution < 1.29 is 31.9 Å². The van der Waals surface area contributed by atoms with Crippen molar-refractivity contribution in [1.29, 1.82) is 10.5 Å². The summed E-state index contributed by atoms with van der Waals surface area (Å²) in [5, 5.41) is 32.2. The van der Waals surface area contributed by atoms with Gasteiger partial charge in [-0.1, -0.05) is 0 Å². The van der Waals surface area contributed by atoms with Crippen molar-refractivity contribution in [3.8, 4) is 12.1 Å². The zero-order valence-corrected chi connectivity index (χ0v) is 18.7. The number of aromatic amines is 1. The van der Waals surface area contributed by atoms with E-state index in [4.69, 9.17) is 5.26 Å². The van der Waals surface area contributed by atoms with E-state index >= 15 is 4.39 Å². The Kier molecular flexibility index (Phi) is 6.01. The van der Waals surface area contributed by atoms with Crippen LogP contribution in [0.15, 0.2) is 24.4 Å². The van der Waals surface area contributed by atoms with Crippen LogP contribution in [0.4, 0.5) is 23.2 Å². The molecule has 1 aromatic carbocycles. The number of nitrogens with one attached hydrogen (secondary N) is 3. The first-order chi connectivity index (χ1) is 17.4. The molecule has 3 aromatic rings. The number of alkyl halides is 2. The van der Waals surface area contributed by atoms with Crippen molar-refractivity contribution in [2.75, 3.05) is 5.32 Å². The molecule has 188 valence electrons. The van der Waals surface area contributed by atoms with Gasteiger partial charge in [0.2, 0.25) is 0 Å². The van der Waals surface area contributed by atoms with E-state index < -0.39 is 76.0 Å². The Hall–Kier alpha value is -5.05. The summed E-state index contributed by atoms with van der Waals surface area (Å²) in [6.45, 7) is 0. The number of carbonyl (C=O) groups is 3. The molecule has 4 rings (SSSR count). The summed E-state index contributed by atoms with van der Waals surface area (Å²) in [6.07, 6.45) is -0.715. The quantitative estimate of drug-likeness (QED) is 0.257. The van der Waals surface area contributed by atoms with E-state index in [0.29, 0.717) is 0 Å². The fourth-order valence-corrected chi connectivity index (χ4v) is 4.10. The highest BCUT2D eigenvalue weighted by Gasteiger charge is 2.60. The third kappa shape index (κ3) is 4.27. The van der Waals surface area contributed by atoms with E-state index in [0.717, 1.165) is 36.0 Å². The van der Waals surface area contributed by atoms with Crippen LogP contribution in [-0.2, 0) is 17.4 Å². The van der Waals surface area contributed by atoms with E-state index in [1.165, 1.54) is 6.07 Å². The van der Waals surface area contributed by atoms with Crippen LogP contribution in [-0.4, -0.2) is 43.5 Å². The van der Waals surface area contributed by atoms with Gasteiger partial charge in [0.1, 0.15) is 40.6 Å². The van der Waals surface area contributed by atoms with Crippen molar-refractivity contribution in [1.82, 2.24) is 25.3 Å². The average molecular weight is 514 g/mol. The molecule has 15 heteroatoms. The van der Waals surface area contributed by atoms with Crippen LogP contribution < -0.4 is 10.6 Å². The van der Waals surface area contributed by atoms with Gasteiger partial charge in [-0.2, -0.15) is 25.9 Å². The minimum Gasteiger partial charge on any atom is -0.337 e. The standard InChI is InChI=1S/C22H14F4N8O3/c1-34-13(6-28)15(16(24)17(34)19(36)30-11-2-3-12(23)10(4-11)5-27)18(35)20(37)31-21(8-22(25,26)9-21)14-7-29-33-32-14/h2-4,7H,8-9H2,1H3,(H,30,36)(H,31,37)(H,29,32,33). The molecule has 0 spiro atoms. The number of ketones is 1. The predicted molar refractivity (Wildman–Crippen MR) is 114 cm³/mol. The molecule has 0 unspecified atom stereocenters. The third-order valence-electron chi connectivity index (χ3n) is 5.81. The smallest absolute Gasteiger partial charge is 0.293 e. The molecule has 1 aliphatic carbocycles. The normalized spacial score (nSPS) is 15.1. The lowest BCUT2D eigenvalue weighted by Crippen LogP contribution is -2.61. The van der Waals surface area contributed by atoms with Gasteiger partial charge in [0.05, 0.1) is 17.3 Å². The zero-order chi connectivity index (χ0) is 27.1. The third-order valence-corrected chi connectivity index (χ3v) is 5.81. The SMILES string of the molecule is Cn1c(C#N)c(C(=O)C(=O)NC2(c3cn[nH]n3)CC(F)(F)C2)c(F)c1C(=O)Nc1ccc(F)c(C#N)c1. The van der Waals surface area contributed by atoms with E-state index in [9.17, 15) is 32.8 Å². The van der Waals surface area contributed by atoms with Crippen LogP contribution in [0.1, 0.15) is 50.6 Å². The second-order valence-electron chi connectivity index (χ2n) is 8.25. The lowest BCUT2D eigenvalue weighted by atomic mass is 9.71. The molecule has 0 saturated heterocycles. The zero-order valence-electron chi connectivity index (χ0n) is 18.7. The molecule has 2 aromatic heterocycles. The van der Waals surface area contributed by atoms with E-state index in [1.807, 2.05) is 0 Å².